The molecule has 0 amide bonds. The molecule has 0 heterocycles. The van der Waals surface area contributed by atoms with Crippen molar-refractivity contribution >= 4 is 43.2 Å². The molecule has 0 radical (unpaired) electrons. The average molecular weight is 469 g/mol. The van der Waals surface area contributed by atoms with E-state index in [2.05, 4.69) is 20.7 Å². The van der Waals surface area contributed by atoms with Gasteiger partial charge in [0.1, 0.15) is 22.1 Å². The number of nitrogens with one attached hydrogen (secondary N) is 1. The lowest BCUT2D eigenvalue weighted by molar-refractivity contribution is 0.403. The van der Waals surface area contributed by atoms with Crippen LogP contribution in [0.15, 0.2) is 76.1 Å². The van der Waals surface area contributed by atoms with Crippen molar-refractivity contribution in [2.45, 2.75) is 4.90 Å². The van der Waals surface area contributed by atoms with E-state index in [0.29, 0.717) is 26.7 Å². The van der Waals surface area contributed by atoms with E-state index in [0.717, 1.165) is 0 Å². The van der Waals surface area contributed by atoms with Crippen molar-refractivity contribution < 1.29 is 17.9 Å². The fourth-order valence-corrected chi connectivity index (χ4v) is 4.19. The molecule has 0 aliphatic rings. The van der Waals surface area contributed by atoms with Gasteiger partial charge in [-0.15, -0.1) is 0 Å². The first-order valence-corrected chi connectivity index (χ1v) is 10.4. The maximum absolute atomic E-state index is 12.7. The highest BCUT2D eigenvalue weighted by Crippen LogP contribution is 2.30. The molecule has 3 rings (SSSR count). The smallest absolute Gasteiger partial charge is 0.265 e. The molecule has 0 saturated heterocycles. The largest absolute Gasteiger partial charge is 0.495 e. The van der Waals surface area contributed by atoms with Crippen molar-refractivity contribution in [2.24, 2.45) is 0 Å². The first-order valence-electron chi connectivity index (χ1n) is 7.77. The van der Waals surface area contributed by atoms with Gasteiger partial charge in [0.15, 0.2) is 0 Å². The Morgan fingerprint density at radius 1 is 0.926 bits per heavy atom. The molecule has 0 unspecified atom stereocenters. The Bertz CT molecular complexity index is 1040. The van der Waals surface area contributed by atoms with Crippen LogP contribution in [0.25, 0.3) is 0 Å². The summed E-state index contributed by atoms with van der Waals surface area (Å²) in [6.45, 7) is 0. The average Bonchev–Trinajstić information content (AvgIpc) is 2.65. The fraction of sp³-hybridized carbons (Fsp3) is 0.0526. The zero-order valence-corrected chi connectivity index (χ0v) is 17.3. The van der Waals surface area contributed by atoms with Crippen LogP contribution >= 0.6 is 27.5 Å². The molecule has 0 fully saturated rings. The van der Waals surface area contributed by atoms with Gasteiger partial charge in [-0.1, -0.05) is 27.5 Å². The van der Waals surface area contributed by atoms with Gasteiger partial charge in [0.05, 0.1) is 7.11 Å². The van der Waals surface area contributed by atoms with Crippen molar-refractivity contribution in [1.29, 1.82) is 0 Å². The van der Waals surface area contributed by atoms with E-state index in [9.17, 15) is 8.42 Å². The van der Waals surface area contributed by atoms with E-state index < -0.39 is 10.0 Å². The number of hydrogen-bond acceptors (Lipinski definition) is 4. The molecule has 0 spiro atoms. The third-order valence-electron chi connectivity index (χ3n) is 3.57. The number of methoxy groups -OCH3 is 1. The van der Waals surface area contributed by atoms with E-state index in [-0.39, 0.29) is 10.6 Å². The molecule has 0 aromatic heterocycles. The first kappa shape index (κ1) is 19.5. The van der Waals surface area contributed by atoms with Gasteiger partial charge in [-0.3, -0.25) is 4.72 Å². The third-order valence-corrected chi connectivity index (χ3v) is 5.72. The Labute approximate surface area is 171 Å². The van der Waals surface area contributed by atoms with Gasteiger partial charge in [0.2, 0.25) is 0 Å². The zero-order chi connectivity index (χ0) is 19.4. The summed E-state index contributed by atoms with van der Waals surface area (Å²) < 4.78 is 39.4. The van der Waals surface area contributed by atoms with Crippen molar-refractivity contribution in [3.8, 4) is 17.2 Å². The highest BCUT2D eigenvalue weighted by molar-refractivity contribution is 9.10. The molecule has 3 aromatic rings. The Hall–Kier alpha value is -2.22. The first-order chi connectivity index (χ1) is 12.9. The van der Waals surface area contributed by atoms with Crippen molar-refractivity contribution in [1.82, 2.24) is 0 Å². The SMILES string of the molecule is COc1ccc(Br)cc1S(=O)(=O)Nc1ccc(Oc2ccc(Cl)cc2)cc1. The molecule has 8 heteroatoms. The molecular formula is C19H15BrClNO4S. The molecule has 140 valence electrons. The minimum Gasteiger partial charge on any atom is -0.495 e. The molecule has 3 aromatic carbocycles. The Balaban J connectivity index is 1.77. The number of hydrogen-bond donors (Lipinski definition) is 1. The van der Waals surface area contributed by atoms with E-state index in [4.69, 9.17) is 21.1 Å². The Morgan fingerprint density at radius 2 is 1.52 bits per heavy atom. The predicted molar refractivity (Wildman–Crippen MR) is 109 cm³/mol. The molecule has 1 N–H and O–H groups in total. The van der Waals surface area contributed by atoms with Crippen LogP contribution in [-0.4, -0.2) is 15.5 Å². The van der Waals surface area contributed by atoms with Gasteiger partial charge in [0, 0.05) is 15.2 Å². The normalized spacial score (nSPS) is 11.1. The molecule has 5 nitrogen and oxygen atoms in total. The monoisotopic (exact) mass is 467 g/mol. The molecular weight excluding hydrogens is 454 g/mol. The van der Waals surface area contributed by atoms with Gasteiger partial charge < -0.3 is 9.47 Å². The van der Waals surface area contributed by atoms with Crippen LogP contribution < -0.4 is 14.2 Å². The third kappa shape index (κ3) is 4.94. The number of halogens is 2. The summed E-state index contributed by atoms with van der Waals surface area (Å²) in [7, 11) is -2.39. The predicted octanol–water partition coefficient (Wildman–Crippen LogP) is 5.70. The lowest BCUT2D eigenvalue weighted by Gasteiger charge is -2.12. The second-order valence-electron chi connectivity index (χ2n) is 5.48. The van der Waals surface area contributed by atoms with Crippen LogP contribution in [-0.2, 0) is 10.0 Å². The van der Waals surface area contributed by atoms with Gasteiger partial charge in [-0.25, -0.2) is 8.42 Å². The van der Waals surface area contributed by atoms with Crippen LogP contribution in [0.3, 0.4) is 0 Å². The molecule has 0 aliphatic heterocycles. The summed E-state index contributed by atoms with van der Waals surface area (Å²) >= 11 is 9.12. The van der Waals surface area contributed by atoms with Crippen molar-refractivity contribution in [3.63, 3.8) is 0 Å². The fourth-order valence-electron chi connectivity index (χ4n) is 2.30. The zero-order valence-electron chi connectivity index (χ0n) is 14.1. The van der Waals surface area contributed by atoms with E-state index in [1.54, 1.807) is 60.7 Å². The maximum atomic E-state index is 12.7. The van der Waals surface area contributed by atoms with Crippen molar-refractivity contribution in [3.05, 3.63) is 76.2 Å². The summed E-state index contributed by atoms with van der Waals surface area (Å²) in [5.41, 5.74) is 0.403. The minimum absolute atomic E-state index is 0.0425. The van der Waals surface area contributed by atoms with Crippen molar-refractivity contribution in [2.75, 3.05) is 11.8 Å². The number of rotatable bonds is 6. The quantitative estimate of drug-likeness (QED) is 0.504. The summed E-state index contributed by atoms with van der Waals surface area (Å²) in [5.74, 6) is 1.46. The summed E-state index contributed by atoms with van der Waals surface area (Å²) in [5, 5.41) is 0.620. The standard InChI is InChI=1S/C19H15BrClNO4S/c1-25-18-11-2-13(20)12-19(18)27(23,24)22-15-5-9-17(10-6-15)26-16-7-3-14(21)4-8-16/h2-12,22H,1H3. The molecule has 0 aliphatic carbocycles. The van der Waals surface area contributed by atoms with Gasteiger partial charge in [-0.05, 0) is 66.7 Å². The second-order valence-corrected chi connectivity index (χ2v) is 8.48. The number of sulfonamides is 1. The van der Waals surface area contributed by atoms with Gasteiger partial charge in [-0.2, -0.15) is 0 Å². The van der Waals surface area contributed by atoms with Gasteiger partial charge >= 0.3 is 0 Å². The second kappa shape index (κ2) is 8.21. The summed E-state index contributed by atoms with van der Waals surface area (Å²) in [6, 6.07) is 18.3. The van der Waals surface area contributed by atoms with E-state index >= 15 is 0 Å². The Morgan fingerprint density at radius 3 is 2.11 bits per heavy atom. The van der Waals surface area contributed by atoms with Crippen LogP contribution in [0.5, 0.6) is 17.2 Å². The van der Waals surface area contributed by atoms with Crippen LogP contribution in [0.4, 0.5) is 5.69 Å². The number of ether oxygens (including phenoxy) is 2. The molecule has 0 atom stereocenters. The van der Waals surface area contributed by atoms with Gasteiger partial charge in [0.25, 0.3) is 10.0 Å². The van der Waals surface area contributed by atoms with E-state index in [1.807, 2.05) is 0 Å². The van der Waals surface area contributed by atoms with Crippen LogP contribution in [0.2, 0.25) is 5.02 Å². The topological polar surface area (TPSA) is 64.6 Å². The Kier molecular flexibility index (Phi) is 5.94. The molecule has 27 heavy (non-hydrogen) atoms. The highest BCUT2D eigenvalue weighted by atomic mass is 79.9. The summed E-state index contributed by atoms with van der Waals surface area (Å²) in [4.78, 5) is 0.0425. The maximum Gasteiger partial charge on any atom is 0.265 e. The van der Waals surface area contributed by atoms with Crippen LogP contribution in [0, 0.1) is 0 Å². The molecule has 0 bridgehead atoms. The van der Waals surface area contributed by atoms with Crippen LogP contribution in [0.1, 0.15) is 0 Å². The lowest BCUT2D eigenvalue weighted by atomic mass is 10.3. The summed E-state index contributed by atoms with van der Waals surface area (Å²) in [6.07, 6.45) is 0. The molecule has 0 saturated carbocycles. The van der Waals surface area contributed by atoms with E-state index in [1.165, 1.54) is 13.2 Å². The number of benzene rings is 3. The minimum atomic E-state index is -3.82. The highest BCUT2D eigenvalue weighted by Gasteiger charge is 2.20. The lowest BCUT2D eigenvalue weighted by Crippen LogP contribution is -2.14. The number of anilines is 1.